The fourth-order valence-electron chi connectivity index (χ4n) is 1.69. The Bertz CT molecular complexity index is 627. The normalized spacial score (nSPS) is 11.3. The zero-order valence-electron chi connectivity index (χ0n) is 11.5. The molecule has 0 amide bonds. The van der Waals surface area contributed by atoms with Crippen molar-refractivity contribution in [2.24, 2.45) is 0 Å². The average molecular weight is 297 g/mol. The summed E-state index contributed by atoms with van der Waals surface area (Å²) in [7, 11) is 1.73. The third kappa shape index (κ3) is 4.04. The molecule has 2 heterocycles. The number of hydrogen-bond acceptors (Lipinski definition) is 5. The highest BCUT2D eigenvalue weighted by atomic mass is 19.4. The van der Waals surface area contributed by atoms with Gasteiger partial charge in [0, 0.05) is 25.5 Å². The van der Waals surface area contributed by atoms with Gasteiger partial charge in [-0.3, -0.25) is 0 Å². The molecule has 112 valence electrons. The van der Waals surface area contributed by atoms with E-state index in [0.717, 1.165) is 11.6 Å². The smallest absolute Gasteiger partial charge is 0.373 e. The van der Waals surface area contributed by atoms with Crippen molar-refractivity contribution in [2.45, 2.75) is 19.6 Å². The Kier molecular flexibility index (Phi) is 4.25. The molecule has 0 spiro atoms. The molecule has 0 aromatic carbocycles. The zero-order valence-corrected chi connectivity index (χ0v) is 11.5. The molecule has 2 aromatic heterocycles. The number of hydrogen-bond donors (Lipinski definition) is 2. The van der Waals surface area contributed by atoms with Gasteiger partial charge >= 0.3 is 6.18 Å². The maximum Gasteiger partial charge on any atom is 0.433 e. The van der Waals surface area contributed by atoms with Crippen molar-refractivity contribution < 1.29 is 13.2 Å². The van der Waals surface area contributed by atoms with Gasteiger partial charge in [-0.2, -0.15) is 13.2 Å². The van der Waals surface area contributed by atoms with Crippen LogP contribution >= 0.6 is 0 Å². The molecular weight excluding hydrogens is 283 g/mol. The number of rotatable bonds is 4. The van der Waals surface area contributed by atoms with Gasteiger partial charge in [-0.1, -0.05) is 0 Å². The summed E-state index contributed by atoms with van der Waals surface area (Å²) in [5.41, 5.74) is 0.154. The predicted octanol–water partition coefficient (Wildman–Crippen LogP) is 2.85. The van der Waals surface area contributed by atoms with Crippen molar-refractivity contribution >= 4 is 11.8 Å². The molecule has 2 aromatic rings. The van der Waals surface area contributed by atoms with Crippen LogP contribution in [0, 0.1) is 6.92 Å². The summed E-state index contributed by atoms with van der Waals surface area (Å²) < 4.78 is 38.0. The van der Waals surface area contributed by atoms with Crippen LogP contribution in [-0.4, -0.2) is 22.0 Å². The van der Waals surface area contributed by atoms with Crippen LogP contribution in [0.25, 0.3) is 0 Å². The number of halogens is 3. The molecule has 0 atom stereocenters. The lowest BCUT2D eigenvalue weighted by Crippen LogP contribution is -2.13. The Morgan fingerprint density at radius 1 is 1.19 bits per heavy atom. The minimum absolute atomic E-state index is 0.0508. The summed E-state index contributed by atoms with van der Waals surface area (Å²) >= 11 is 0. The van der Waals surface area contributed by atoms with Crippen molar-refractivity contribution in [3.63, 3.8) is 0 Å². The van der Waals surface area contributed by atoms with Gasteiger partial charge in [-0.05, 0) is 30.7 Å². The first kappa shape index (κ1) is 15.0. The number of nitrogens with one attached hydrogen (secondary N) is 2. The molecular formula is C13H14F3N5. The minimum atomic E-state index is -4.49. The van der Waals surface area contributed by atoms with Crippen molar-refractivity contribution in [3.05, 3.63) is 41.3 Å². The van der Waals surface area contributed by atoms with Crippen LogP contribution in [0.15, 0.2) is 24.4 Å². The number of anilines is 2. The van der Waals surface area contributed by atoms with Gasteiger partial charge in [-0.15, -0.1) is 0 Å². The van der Waals surface area contributed by atoms with Crippen LogP contribution in [0.3, 0.4) is 0 Å². The second-order valence-corrected chi connectivity index (χ2v) is 4.37. The van der Waals surface area contributed by atoms with Crippen LogP contribution in [0.4, 0.5) is 24.9 Å². The molecule has 0 bridgehead atoms. The summed E-state index contributed by atoms with van der Waals surface area (Å²) in [6, 6.07) is 4.46. The maximum absolute atomic E-state index is 12.7. The molecule has 0 aliphatic carbocycles. The molecule has 0 aliphatic rings. The largest absolute Gasteiger partial charge is 0.433 e. The summed E-state index contributed by atoms with van der Waals surface area (Å²) in [5.74, 6) is 0.626. The monoisotopic (exact) mass is 297 g/mol. The Hall–Kier alpha value is -2.38. The number of pyridine rings is 1. The molecule has 0 fully saturated rings. The van der Waals surface area contributed by atoms with Gasteiger partial charge in [0.2, 0.25) is 5.95 Å². The number of alkyl halides is 3. The minimum Gasteiger partial charge on any atom is -0.373 e. The second-order valence-electron chi connectivity index (χ2n) is 4.37. The molecule has 0 unspecified atom stereocenters. The first-order valence-corrected chi connectivity index (χ1v) is 6.18. The average Bonchev–Trinajstić information content (AvgIpc) is 2.44. The Morgan fingerprint density at radius 3 is 2.62 bits per heavy atom. The third-order valence-electron chi connectivity index (χ3n) is 2.68. The van der Waals surface area contributed by atoms with Crippen molar-refractivity contribution in [1.82, 2.24) is 15.0 Å². The summed E-state index contributed by atoms with van der Waals surface area (Å²) in [6.45, 7) is 1.80. The molecule has 5 nitrogen and oxygen atoms in total. The summed E-state index contributed by atoms with van der Waals surface area (Å²) in [6.07, 6.45) is -2.87. The SMILES string of the molecule is CNc1cc(CNc2nc(C)cc(C(F)(F)F)n2)ccn1. The quantitative estimate of drug-likeness (QED) is 0.908. The van der Waals surface area contributed by atoms with E-state index in [1.165, 1.54) is 6.92 Å². The molecule has 2 N–H and O–H groups in total. The fraction of sp³-hybridized carbons (Fsp3) is 0.308. The van der Waals surface area contributed by atoms with Crippen LogP contribution in [0.2, 0.25) is 0 Å². The van der Waals surface area contributed by atoms with Crippen LogP contribution in [-0.2, 0) is 12.7 Å². The lowest BCUT2D eigenvalue weighted by molar-refractivity contribution is -0.141. The van der Waals surface area contributed by atoms with Gasteiger partial charge in [0.1, 0.15) is 11.5 Å². The zero-order chi connectivity index (χ0) is 15.5. The van der Waals surface area contributed by atoms with Crippen LogP contribution < -0.4 is 10.6 Å². The highest BCUT2D eigenvalue weighted by Gasteiger charge is 2.33. The van der Waals surface area contributed by atoms with Gasteiger partial charge < -0.3 is 10.6 Å². The van der Waals surface area contributed by atoms with E-state index in [1.807, 2.05) is 0 Å². The van der Waals surface area contributed by atoms with E-state index in [2.05, 4.69) is 25.6 Å². The molecule has 0 radical (unpaired) electrons. The van der Waals surface area contributed by atoms with E-state index < -0.39 is 11.9 Å². The molecule has 8 heteroatoms. The maximum atomic E-state index is 12.7. The van der Waals surface area contributed by atoms with E-state index in [0.29, 0.717) is 12.4 Å². The third-order valence-corrected chi connectivity index (χ3v) is 2.68. The molecule has 2 rings (SSSR count). The van der Waals surface area contributed by atoms with Crippen LogP contribution in [0.5, 0.6) is 0 Å². The number of aromatic nitrogens is 3. The Balaban J connectivity index is 2.14. The first-order valence-electron chi connectivity index (χ1n) is 6.18. The van der Waals surface area contributed by atoms with E-state index in [-0.39, 0.29) is 11.6 Å². The molecule has 0 saturated heterocycles. The Labute approximate surface area is 119 Å². The van der Waals surface area contributed by atoms with Gasteiger partial charge in [-0.25, -0.2) is 15.0 Å². The van der Waals surface area contributed by atoms with Crippen molar-refractivity contribution in [2.75, 3.05) is 17.7 Å². The van der Waals surface area contributed by atoms with E-state index in [1.54, 1.807) is 25.4 Å². The molecule has 0 aliphatic heterocycles. The topological polar surface area (TPSA) is 62.7 Å². The standard InChI is InChI=1S/C13H14F3N5/c1-8-5-10(13(14,15)16)21-12(20-8)19-7-9-3-4-18-11(6-9)17-2/h3-6H,7H2,1-2H3,(H,17,18)(H,19,20,21). The van der Waals surface area contributed by atoms with Gasteiger partial charge in [0.15, 0.2) is 0 Å². The molecule has 21 heavy (non-hydrogen) atoms. The van der Waals surface area contributed by atoms with E-state index >= 15 is 0 Å². The fourth-order valence-corrected chi connectivity index (χ4v) is 1.69. The van der Waals surface area contributed by atoms with Crippen molar-refractivity contribution in [1.29, 1.82) is 0 Å². The van der Waals surface area contributed by atoms with Crippen molar-refractivity contribution in [3.8, 4) is 0 Å². The lowest BCUT2D eigenvalue weighted by Gasteiger charge is -2.10. The van der Waals surface area contributed by atoms with E-state index in [4.69, 9.17) is 0 Å². The van der Waals surface area contributed by atoms with Gasteiger partial charge in [0.05, 0.1) is 0 Å². The highest BCUT2D eigenvalue weighted by Crippen LogP contribution is 2.28. The lowest BCUT2D eigenvalue weighted by atomic mass is 10.2. The molecule has 0 saturated carbocycles. The second kappa shape index (κ2) is 5.94. The highest BCUT2D eigenvalue weighted by molar-refractivity contribution is 5.38. The summed E-state index contributed by atoms with van der Waals surface area (Å²) in [4.78, 5) is 11.5. The predicted molar refractivity (Wildman–Crippen MR) is 72.9 cm³/mol. The summed E-state index contributed by atoms with van der Waals surface area (Å²) in [5, 5.41) is 5.67. The van der Waals surface area contributed by atoms with E-state index in [9.17, 15) is 13.2 Å². The van der Waals surface area contributed by atoms with Crippen LogP contribution in [0.1, 0.15) is 17.0 Å². The number of nitrogens with zero attached hydrogens (tertiary/aromatic N) is 3. The van der Waals surface area contributed by atoms with Gasteiger partial charge in [0.25, 0.3) is 0 Å². The Morgan fingerprint density at radius 2 is 1.95 bits per heavy atom. The first-order chi connectivity index (χ1) is 9.88. The number of aryl methyl sites for hydroxylation is 1.